The van der Waals surface area contributed by atoms with E-state index in [1.807, 2.05) is 32.3 Å². The Hall–Kier alpha value is -2.30. The van der Waals surface area contributed by atoms with Crippen LogP contribution in [0.4, 0.5) is 4.79 Å². The summed E-state index contributed by atoms with van der Waals surface area (Å²) in [6, 6.07) is 8.37. The van der Waals surface area contributed by atoms with Gasteiger partial charge >= 0.3 is 6.03 Å². The Morgan fingerprint density at radius 2 is 2.00 bits per heavy atom. The molecule has 0 bridgehead atoms. The molecule has 1 aromatic carbocycles. The molecule has 110 valence electrons. The molecule has 1 aliphatic carbocycles. The molecule has 21 heavy (non-hydrogen) atoms. The van der Waals surface area contributed by atoms with Crippen LogP contribution < -0.4 is 10.6 Å². The van der Waals surface area contributed by atoms with Crippen molar-refractivity contribution >= 4 is 6.03 Å². The molecule has 0 radical (unpaired) electrons. The summed E-state index contributed by atoms with van der Waals surface area (Å²) in [4.78, 5) is 12.1. The molecule has 5 heteroatoms. The van der Waals surface area contributed by atoms with E-state index in [9.17, 15) is 4.79 Å². The Kier molecular flexibility index (Phi) is 3.64. The predicted octanol–water partition coefficient (Wildman–Crippen LogP) is 1.95. The fourth-order valence-corrected chi connectivity index (χ4v) is 2.83. The fourth-order valence-electron chi connectivity index (χ4n) is 2.83. The second-order valence-electron chi connectivity index (χ2n) is 5.66. The molecule has 0 unspecified atom stereocenters. The largest absolute Gasteiger partial charge is 0.335 e. The van der Waals surface area contributed by atoms with Crippen LogP contribution in [0.3, 0.4) is 0 Å². The number of carbonyl (C=O) groups is 1. The smallest absolute Gasteiger partial charge is 0.315 e. The van der Waals surface area contributed by atoms with Crippen LogP contribution in [0.25, 0.3) is 0 Å². The summed E-state index contributed by atoms with van der Waals surface area (Å²) >= 11 is 0. The van der Waals surface area contributed by atoms with Crippen molar-refractivity contribution in [3.8, 4) is 0 Å². The van der Waals surface area contributed by atoms with Gasteiger partial charge in [0.1, 0.15) is 0 Å². The normalized spacial score (nSPS) is 15.5. The number of amides is 2. The SMILES string of the molecule is C[C@@H](NC(=O)NC1Cc2ccccc2C1)c1cnn(C)c1. The minimum atomic E-state index is -0.121. The molecule has 0 saturated heterocycles. The van der Waals surface area contributed by atoms with Crippen LogP contribution in [0.1, 0.15) is 29.7 Å². The first kappa shape index (κ1) is 13.7. The monoisotopic (exact) mass is 284 g/mol. The molecule has 1 aliphatic rings. The number of hydrogen-bond donors (Lipinski definition) is 2. The molecule has 1 atom stereocenters. The standard InChI is InChI=1S/C16H20N4O/c1-11(14-9-17-20(2)10-14)18-16(21)19-15-7-12-5-3-4-6-13(12)8-15/h3-6,9-11,15H,7-8H2,1-2H3,(H2,18,19,21)/t11-/m1/s1. The molecule has 5 nitrogen and oxygen atoms in total. The maximum atomic E-state index is 12.1. The molecular formula is C16H20N4O. The Bertz CT molecular complexity index is 624. The number of nitrogens with zero attached hydrogens (tertiary/aromatic N) is 2. The molecule has 0 fully saturated rings. The van der Waals surface area contributed by atoms with Crippen molar-refractivity contribution in [1.29, 1.82) is 0 Å². The number of carbonyl (C=O) groups excluding carboxylic acids is 1. The summed E-state index contributed by atoms with van der Waals surface area (Å²) < 4.78 is 1.74. The number of hydrogen-bond acceptors (Lipinski definition) is 2. The van der Waals surface area contributed by atoms with Crippen molar-refractivity contribution in [2.75, 3.05) is 0 Å². The highest BCUT2D eigenvalue weighted by atomic mass is 16.2. The second-order valence-corrected chi connectivity index (χ2v) is 5.66. The molecule has 1 aromatic heterocycles. The molecule has 2 aromatic rings. The summed E-state index contributed by atoms with van der Waals surface area (Å²) in [6.45, 7) is 1.96. The average molecular weight is 284 g/mol. The summed E-state index contributed by atoms with van der Waals surface area (Å²) in [5.74, 6) is 0. The number of aryl methyl sites for hydroxylation is 1. The number of urea groups is 1. The van der Waals surface area contributed by atoms with Gasteiger partial charge in [0.2, 0.25) is 0 Å². The van der Waals surface area contributed by atoms with Gasteiger partial charge in [-0.15, -0.1) is 0 Å². The van der Waals surface area contributed by atoms with E-state index in [1.54, 1.807) is 10.9 Å². The topological polar surface area (TPSA) is 59.0 Å². The van der Waals surface area contributed by atoms with Crippen molar-refractivity contribution in [3.05, 3.63) is 53.3 Å². The maximum absolute atomic E-state index is 12.1. The molecule has 2 N–H and O–H groups in total. The third-order valence-electron chi connectivity index (χ3n) is 3.96. The Balaban J connectivity index is 1.54. The predicted molar refractivity (Wildman–Crippen MR) is 80.9 cm³/mol. The first-order valence-corrected chi connectivity index (χ1v) is 7.24. The lowest BCUT2D eigenvalue weighted by atomic mass is 10.1. The molecule has 0 spiro atoms. The number of nitrogens with one attached hydrogen (secondary N) is 2. The van der Waals surface area contributed by atoms with Crippen LogP contribution in [0.15, 0.2) is 36.7 Å². The first-order chi connectivity index (χ1) is 10.1. The Labute approximate surface area is 124 Å². The van der Waals surface area contributed by atoms with E-state index < -0.39 is 0 Å². The number of aromatic nitrogens is 2. The van der Waals surface area contributed by atoms with Gasteiger partial charge in [-0.1, -0.05) is 24.3 Å². The molecule has 1 heterocycles. The van der Waals surface area contributed by atoms with Gasteiger partial charge in [0, 0.05) is 24.8 Å². The number of fused-ring (bicyclic) bond motifs is 1. The lowest BCUT2D eigenvalue weighted by Crippen LogP contribution is -2.43. The van der Waals surface area contributed by atoms with E-state index in [0.717, 1.165) is 18.4 Å². The van der Waals surface area contributed by atoms with Crippen LogP contribution in [0, 0.1) is 0 Å². The van der Waals surface area contributed by atoms with E-state index >= 15 is 0 Å². The van der Waals surface area contributed by atoms with Crippen LogP contribution in [0.5, 0.6) is 0 Å². The zero-order valence-electron chi connectivity index (χ0n) is 12.3. The van der Waals surface area contributed by atoms with E-state index in [4.69, 9.17) is 0 Å². The summed E-state index contributed by atoms with van der Waals surface area (Å²) in [5.41, 5.74) is 3.67. The van der Waals surface area contributed by atoms with Gasteiger partial charge in [-0.3, -0.25) is 4.68 Å². The van der Waals surface area contributed by atoms with E-state index in [0.29, 0.717) is 0 Å². The first-order valence-electron chi connectivity index (χ1n) is 7.24. The van der Waals surface area contributed by atoms with Gasteiger partial charge < -0.3 is 10.6 Å². The summed E-state index contributed by atoms with van der Waals surface area (Å²) in [6.07, 6.45) is 5.50. The second kappa shape index (κ2) is 5.60. The molecule has 0 aliphatic heterocycles. The minimum Gasteiger partial charge on any atom is -0.335 e. The average Bonchev–Trinajstić information content (AvgIpc) is 3.03. The highest BCUT2D eigenvalue weighted by molar-refractivity contribution is 5.75. The maximum Gasteiger partial charge on any atom is 0.315 e. The quantitative estimate of drug-likeness (QED) is 0.905. The van der Waals surface area contributed by atoms with Crippen molar-refractivity contribution in [3.63, 3.8) is 0 Å². The van der Waals surface area contributed by atoms with Gasteiger partial charge in [-0.05, 0) is 30.9 Å². The zero-order valence-corrected chi connectivity index (χ0v) is 12.3. The zero-order chi connectivity index (χ0) is 14.8. The van der Waals surface area contributed by atoms with Crippen LogP contribution >= 0.6 is 0 Å². The molecule has 2 amide bonds. The van der Waals surface area contributed by atoms with Gasteiger partial charge in [0.15, 0.2) is 0 Å². The van der Waals surface area contributed by atoms with Crippen molar-refractivity contribution in [1.82, 2.24) is 20.4 Å². The van der Waals surface area contributed by atoms with Gasteiger partial charge in [0.25, 0.3) is 0 Å². The van der Waals surface area contributed by atoms with Crippen LogP contribution in [0.2, 0.25) is 0 Å². The van der Waals surface area contributed by atoms with Crippen LogP contribution in [-0.4, -0.2) is 21.9 Å². The molecular weight excluding hydrogens is 264 g/mol. The fraction of sp³-hybridized carbons (Fsp3) is 0.375. The Morgan fingerprint density at radius 1 is 1.33 bits per heavy atom. The molecule has 3 rings (SSSR count). The number of benzene rings is 1. The third kappa shape index (κ3) is 3.07. The van der Waals surface area contributed by atoms with Crippen LogP contribution in [-0.2, 0) is 19.9 Å². The lowest BCUT2D eigenvalue weighted by molar-refractivity contribution is 0.234. The number of rotatable bonds is 3. The minimum absolute atomic E-state index is 0.0533. The van der Waals surface area contributed by atoms with Gasteiger partial charge in [-0.25, -0.2) is 4.79 Å². The Morgan fingerprint density at radius 3 is 2.57 bits per heavy atom. The third-order valence-corrected chi connectivity index (χ3v) is 3.96. The highest BCUT2D eigenvalue weighted by Crippen LogP contribution is 2.21. The summed E-state index contributed by atoms with van der Waals surface area (Å²) in [7, 11) is 1.87. The van der Waals surface area contributed by atoms with E-state index in [2.05, 4.69) is 27.9 Å². The van der Waals surface area contributed by atoms with Crippen molar-refractivity contribution in [2.45, 2.75) is 31.8 Å². The molecule has 0 saturated carbocycles. The summed E-state index contributed by atoms with van der Waals surface area (Å²) in [5, 5.41) is 10.1. The van der Waals surface area contributed by atoms with Crippen molar-refractivity contribution < 1.29 is 4.79 Å². The van der Waals surface area contributed by atoms with E-state index in [1.165, 1.54) is 11.1 Å². The highest BCUT2D eigenvalue weighted by Gasteiger charge is 2.23. The van der Waals surface area contributed by atoms with Crippen molar-refractivity contribution in [2.24, 2.45) is 7.05 Å². The lowest BCUT2D eigenvalue weighted by Gasteiger charge is -2.16. The van der Waals surface area contributed by atoms with Gasteiger partial charge in [-0.2, -0.15) is 5.10 Å². The van der Waals surface area contributed by atoms with Gasteiger partial charge in [0.05, 0.1) is 12.2 Å². The van der Waals surface area contributed by atoms with E-state index in [-0.39, 0.29) is 18.1 Å².